The fourth-order valence-electron chi connectivity index (χ4n) is 3.17. The van der Waals surface area contributed by atoms with E-state index in [1.807, 2.05) is 0 Å². The molecule has 8 heteroatoms. The molecule has 0 unspecified atom stereocenters. The Bertz CT molecular complexity index is 826. The molecule has 26 heavy (non-hydrogen) atoms. The van der Waals surface area contributed by atoms with E-state index in [1.54, 1.807) is 31.5 Å². The van der Waals surface area contributed by atoms with Crippen LogP contribution < -0.4 is 10.0 Å². The maximum Gasteiger partial charge on any atom is 0.251 e. The number of amides is 1. The highest BCUT2D eigenvalue weighted by molar-refractivity contribution is 7.89. The van der Waals surface area contributed by atoms with Crippen LogP contribution in [0.3, 0.4) is 0 Å². The smallest absolute Gasteiger partial charge is 0.251 e. The van der Waals surface area contributed by atoms with Gasteiger partial charge in [0.05, 0.1) is 10.9 Å². The lowest BCUT2D eigenvalue weighted by Crippen LogP contribution is -2.36. The first-order valence-electron chi connectivity index (χ1n) is 8.88. The van der Waals surface area contributed by atoms with Crippen molar-refractivity contribution in [3.8, 4) is 0 Å². The van der Waals surface area contributed by atoms with E-state index in [4.69, 9.17) is 0 Å². The zero-order valence-corrected chi connectivity index (χ0v) is 15.6. The molecule has 1 amide bonds. The number of nitrogens with zero attached hydrogens (tertiary/aromatic N) is 1. The highest BCUT2D eigenvalue weighted by Crippen LogP contribution is 2.19. The standard InChI is InChI=1S/C18H24N4O3S/c1-13(17-19-11-12-20-17)22-26(24,25)16-9-7-14(8-10-16)18(23)21-15-5-3-2-4-6-15/h7-13,15,22H,2-6H2,1H3,(H,19,20)(H,21,23)/t13-/m1/s1. The van der Waals surface area contributed by atoms with Gasteiger partial charge >= 0.3 is 0 Å². The van der Waals surface area contributed by atoms with E-state index >= 15 is 0 Å². The SMILES string of the molecule is C[C@@H](NS(=O)(=O)c1ccc(C(=O)NC2CCCCC2)cc1)c1ncc[nH]1. The Hall–Kier alpha value is -2.19. The number of aromatic nitrogens is 2. The minimum atomic E-state index is -3.70. The predicted octanol–water partition coefficient (Wildman–Crippen LogP) is 2.51. The number of imidazole rings is 1. The van der Waals surface area contributed by atoms with Gasteiger partial charge in [0.2, 0.25) is 10.0 Å². The van der Waals surface area contributed by atoms with Crippen LogP contribution in [-0.4, -0.2) is 30.3 Å². The average molecular weight is 376 g/mol. The van der Waals surface area contributed by atoms with Crippen LogP contribution in [0.2, 0.25) is 0 Å². The number of carbonyl (C=O) groups excluding carboxylic acids is 1. The summed E-state index contributed by atoms with van der Waals surface area (Å²) in [6, 6.07) is 5.73. The van der Waals surface area contributed by atoms with Crippen molar-refractivity contribution in [2.24, 2.45) is 0 Å². The van der Waals surface area contributed by atoms with Gasteiger partial charge in [0.25, 0.3) is 5.91 Å². The molecular formula is C18H24N4O3S. The fraction of sp³-hybridized carbons (Fsp3) is 0.444. The highest BCUT2D eigenvalue weighted by atomic mass is 32.2. The Labute approximate surface area is 153 Å². The van der Waals surface area contributed by atoms with E-state index in [2.05, 4.69) is 20.0 Å². The molecule has 3 rings (SSSR count). The lowest BCUT2D eigenvalue weighted by molar-refractivity contribution is 0.0927. The van der Waals surface area contributed by atoms with E-state index in [1.165, 1.54) is 18.6 Å². The number of rotatable bonds is 6. The summed E-state index contributed by atoms with van der Waals surface area (Å²) in [6.07, 6.45) is 8.73. The Balaban J connectivity index is 1.65. The molecule has 0 spiro atoms. The Morgan fingerprint density at radius 2 is 1.88 bits per heavy atom. The molecule has 0 radical (unpaired) electrons. The van der Waals surface area contributed by atoms with Gasteiger partial charge < -0.3 is 10.3 Å². The predicted molar refractivity (Wildman–Crippen MR) is 98.1 cm³/mol. The van der Waals surface area contributed by atoms with E-state index in [-0.39, 0.29) is 16.8 Å². The van der Waals surface area contributed by atoms with Crippen LogP contribution in [0.15, 0.2) is 41.6 Å². The second kappa shape index (κ2) is 8.01. The summed E-state index contributed by atoms with van der Waals surface area (Å²) in [6.45, 7) is 1.71. The van der Waals surface area contributed by atoms with Crippen molar-refractivity contribution in [2.75, 3.05) is 0 Å². The van der Waals surface area contributed by atoms with Gasteiger partial charge in [-0.2, -0.15) is 0 Å². The van der Waals surface area contributed by atoms with Crippen LogP contribution in [0.25, 0.3) is 0 Å². The van der Waals surface area contributed by atoms with E-state index < -0.39 is 16.1 Å². The Morgan fingerprint density at radius 3 is 2.50 bits per heavy atom. The van der Waals surface area contributed by atoms with Crippen LogP contribution in [0.5, 0.6) is 0 Å². The molecule has 3 N–H and O–H groups in total. The number of sulfonamides is 1. The van der Waals surface area contributed by atoms with Crippen molar-refractivity contribution in [3.63, 3.8) is 0 Å². The lowest BCUT2D eigenvalue weighted by Gasteiger charge is -2.22. The van der Waals surface area contributed by atoms with Crippen molar-refractivity contribution in [2.45, 2.75) is 56.0 Å². The topological polar surface area (TPSA) is 104 Å². The van der Waals surface area contributed by atoms with Crippen molar-refractivity contribution >= 4 is 15.9 Å². The summed E-state index contributed by atoms with van der Waals surface area (Å²) in [5.74, 6) is 0.384. The quantitative estimate of drug-likeness (QED) is 0.720. The van der Waals surface area contributed by atoms with Gasteiger partial charge in [-0.05, 0) is 44.0 Å². The molecule has 0 bridgehead atoms. The van der Waals surface area contributed by atoms with Gasteiger partial charge in [-0.25, -0.2) is 18.1 Å². The summed E-state index contributed by atoms with van der Waals surface area (Å²) in [5, 5.41) is 3.03. The largest absolute Gasteiger partial charge is 0.349 e. The minimum absolute atomic E-state index is 0.116. The second-order valence-electron chi connectivity index (χ2n) is 6.65. The van der Waals surface area contributed by atoms with Crippen LogP contribution in [-0.2, 0) is 10.0 Å². The summed E-state index contributed by atoms with van der Waals surface area (Å²) in [4.78, 5) is 19.4. The Morgan fingerprint density at radius 1 is 1.19 bits per heavy atom. The molecule has 0 saturated heterocycles. The summed E-state index contributed by atoms with van der Waals surface area (Å²) < 4.78 is 27.5. The molecule has 1 atom stereocenters. The first-order valence-corrected chi connectivity index (χ1v) is 10.4. The molecule has 1 aromatic carbocycles. The van der Waals surface area contributed by atoms with Crippen LogP contribution in [0, 0.1) is 0 Å². The van der Waals surface area contributed by atoms with Gasteiger partial charge in [0.1, 0.15) is 5.82 Å². The Kier molecular flexibility index (Phi) is 5.73. The molecule has 140 valence electrons. The fourth-order valence-corrected chi connectivity index (χ4v) is 4.38. The van der Waals surface area contributed by atoms with Crippen LogP contribution >= 0.6 is 0 Å². The lowest BCUT2D eigenvalue weighted by atomic mass is 9.95. The number of nitrogens with one attached hydrogen (secondary N) is 3. The number of hydrogen-bond donors (Lipinski definition) is 3. The average Bonchev–Trinajstić information content (AvgIpc) is 3.17. The molecule has 1 aliphatic rings. The normalized spacial score (nSPS) is 17.0. The second-order valence-corrected chi connectivity index (χ2v) is 8.36. The zero-order valence-electron chi connectivity index (χ0n) is 14.7. The number of benzene rings is 1. The molecule has 1 fully saturated rings. The molecule has 0 aliphatic heterocycles. The summed E-state index contributed by atoms with van der Waals surface area (Å²) >= 11 is 0. The van der Waals surface area contributed by atoms with Gasteiger partial charge in [0, 0.05) is 24.0 Å². The molecule has 2 aromatic rings. The van der Waals surface area contributed by atoms with Crippen molar-refractivity contribution in [1.82, 2.24) is 20.0 Å². The molecule has 1 heterocycles. The summed E-state index contributed by atoms with van der Waals surface area (Å²) in [5.41, 5.74) is 0.466. The zero-order chi connectivity index (χ0) is 18.6. The van der Waals surface area contributed by atoms with Gasteiger partial charge in [-0.15, -0.1) is 0 Å². The highest BCUT2D eigenvalue weighted by Gasteiger charge is 2.21. The van der Waals surface area contributed by atoms with Crippen LogP contribution in [0.1, 0.15) is 61.3 Å². The van der Waals surface area contributed by atoms with Crippen molar-refractivity contribution in [3.05, 3.63) is 48.0 Å². The molecule has 1 saturated carbocycles. The monoisotopic (exact) mass is 376 g/mol. The number of carbonyl (C=O) groups is 1. The van der Waals surface area contributed by atoms with Gasteiger partial charge in [-0.3, -0.25) is 4.79 Å². The first kappa shape index (κ1) is 18.6. The van der Waals surface area contributed by atoms with Crippen molar-refractivity contribution in [1.29, 1.82) is 0 Å². The molecule has 1 aromatic heterocycles. The number of aromatic amines is 1. The van der Waals surface area contributed by atoms with E-state index in [0.717, 1.165) is 25.7 Å². The van der Waals surface area contributed by atoms with Gasteiger partial charge in [0.15, 0.2) is 0 Å². The first-order chi connectivity index (χ1) is 12.5. The maximum absolute atomic E-state index is 12.5. The third kappa shape index (κ3) is 4.50. The summed E-state index contributed by atoms with van der Waals surface area (Å²) in [7, 11) is -3.70. The van der Waals surface area contributed by atoms with Gasteiger partial charge in [-0.1, -0.05) is 19.3 Å². The van der Waals surface area contributed by atoms with E-state index in [0.29, 0.717) is 11.4 Å². The number of hydrogen-bond acceptors (Lipinski definition) is 4. The maximum atomic E-state index is 12.5. The number of H-pyrrole nitrogens is 1. The molecule has 7 nitrogen and oxygen atoms in total. The van der Waals surface area contributed by atoms with Crippen LogP contribution in [0.4, 0.5) is 0 Å². The minimum Gasteiger partial charge on any atom is -0.349 e. The molecular weight excluding hydrogens is 352 g/mol. The van der Waals surface area contributed by atoms with Crippen molar-refractivity contribution < 1.29 is 13.2 Å². The third-order valence-corrected chi connectivity index (χ3v) is 6.19. The molecule has 1 aliphatic carbocycles. The van der Waals surface area contributed by atoms with E-state index in [9.17, 15) is 13.2 Å². The third-order valence-electron chi connectivity index (χ3n) is 4.63.